The van der Waals surface area contributed by atoms with Gasteiger partial charge in [-0.25, -0.2) is 4.79 Å². The zero-order valence-corrected chi connectivity index (χ0v) is 10.5. The SMILES string of the molecule is CC(C)COC(=O)[C@@H](C)Oc1cccc(N)c1. The molecule has 17 heavy (non-hydrogen) atoms. The predicted molar refractivity (Wildman–Crippen MR) is 66.7 cm³/mol. The fourth-order valence-corrected chi connectivity index (χ4v) is 1.21. The lowest BCUT2D eigenvalue weighted by Crippen LogP contribution is -2.27. The monoisotopic (exact) mass is 237 g/mol. The molecule has 1 aromatic rings. The maximum Gasteiger partial charge on any atom is 0.347 e. The molecule has 0 radical (unpaired) electrons. The number of hydrogen-bond acceptors (Lipinski definition) is 4. The highest BCUT2D eigenvalue weighted by atomic mass is 16.6. The van der Waals surface area contributed by atoms with E-state index in [1.54, 1.807) is 31.2 Å². The van der Waals surface area contributed by atoms with Crippen LogP contribution in [0.3, 0.4) is 0 Å². The number of anilines is 1. The summed E-state index contributed by atoms with van der Waals surface area (Å²) in [5.74, 6) is 0.527. The van der Waals surface area contributed by atoms with Gasteiger partial charge < -0.3 is 15.2 Å². The first kappa shape index (κ1) is 13.4. The Labute approximate surface area is 102 Å². The molecule has 1 aromatic carbocycles. The molecule has 1 atom stereocenters. The van der Waals surface area contributed by atoms with Crippen LogP contribution in [-0.2, 0) is 9.53 Å². The molecule has 0 heterocycles. The summed E-state index contributed by atoms with van der Waals surface area (Å²) in [6.45, 7) is 6.03. The lowest BCUT2D eigenvalue weighted by atomic mass is 10.2. The molecule has 0 aromatic heterocycles. The number of benzene rings is 1. The van der Waals surface area contributed by atoms with E-state index in [0.29, 0.717) is 24.0 Å². The van der Waals surface area contributed by atoms with Crippen molar-refractivity contribution in [2.45, 2.75) is 26.9 Å². The van der Waals surface area contributed by atoms with Gasteiger partial charge in [0.1, 0.15) is 5.75 Å². The van der Waals surface area contributed by atoms with E-state index in [-0.39, 0.29) is 5.97 Å². The van der Waals surface area contributed by atoms with Gasteiger partial charge in [-0.2, -0.15) is 0 Å². The minimum absolute atomic E-state index is 0.318. The van der Waals surface area contributed by atoms with Crippen LogP contribution >= 0.6 is 0 Å². The molecule has 0 saturated carbocycles. The molecule has 0 saturated heterocycles. The third-order valence-corrected chi connectivity index (χ3v) is 2.06. The number of rotatable bonds is 5. The van der Waals surface area contributed by atoms with Crippen LogP contribution in [0.25, 0.3) is 0 Å². The van der Waals surface area contributed by atoms with Gasteiger partial charge >= 0.3 is 5.97 Å². The molecular weight excluding hydrogens is 218 g/mol. The lowest BCUT2D eigenvalue weighted by Gasteiger charge is -2.15. The Morgan fingerprint density at radius 2 is 2.06 bits per heavy atom. The van der Waals surface area contributed by atoms with Gasteiger partial charge in [0.2, 0.25) is 0 Å². The van der Waals surface area contributed by atoms with E-state index in [1.807, 2.05) is 13.8 Å². The van der Waals surface area contributed by atoms with Crippen molar-refractivity contribution in [2.75, 3.05) is 12.3 Å². The molecule has 2 N–H and O–H groups in total. The zero-order valence-electron chi connectivity index (χ0n) is 10.5. The second kappa shape index (κ2) is 6.13. The topological polar surface area (TPSA) is 61.5 Å². The summed E-state index contributed by atoms with van der Waals surface area (Å²) < 4.78 is 10.5. The van der Waals surface area contributed by atoms with E-state index < -0.39 is 6.10 Å². The van der Waals surface area contributed by atoms with E-state index in [9.17, 15) is 4.79 Å². The average molecular weight is 237 g/mol. The van der Waals surface area contributed by atoms with Crippen LogP contribution in [0.4, 0.5) is 5.69 Å². The molecule has 0 spiro atoms. The highest BCUT2D eigenvalue weighted by Gasteiger charge is 2.16. The minimum Gasteiger partial charge on any atom is -0.479 e. The van der Waals surface area contributed by atoms with E-state index in [2.05, 4.69) is 0 Å². The number of esters is 1. The van der Waals surface area contributed by atoms with Crippen molar-refractivity contribution < 1.29 is 14.3 Å². The van der Waals surface area contributed by atoms with Gasteiger partial charge in [-0.1, -0.05) is 19.9 Å². The van der Waals surface area contributed by atoms with Crippen LogP contribution in [0.1, 0.15) is 20.8 Å². The van der Waals surface area contributed by atoms with E-state index in [0.717, 1.165) is 0 Å². The maximum atomic E-state index is 11.6. The molecule has 1 rings (SSSR count). The molecule has 0 amide bonds. The second-order valence-corrected chi connectivity index (χ2v) is 4.36. The van der Waals surface area contributed by atoms with E-state index in [1.165, 1.54) is 0 Å². The lowest BCUT2D eigenvalue weighted by molar-refractivity contribution is -0.152. The summed E-state index contributed by atoms with van der Waals surface area (Å²) in [6.07, 6.45) is -0.629. The van der Waals surface area contributed by atoms with Crippen molar-refractivity contribution >= 4 is 11.7 Å². The first-order valence-electron chi connectivity index (χ1n) is 5.68. The van der Waals surface area contributed by atoms with Crippen LogP contribution in [0.15, 0.2) is 24.3 Å². The van der Waals surface area contributed by atoms with E-state index >= 15 is 0 Å². The predicted octanol–water partition coefficient (Wildman–Crippen LogP) is 2.24. The summed E-state index contributed by atoms with van der Waals surface area (Å²) in [4.78, 5) is 11.6. The van der Waals surface area contributed by atoms with Gasteiger partial charge in [-0.15, -0.1) is 0 Å². The number of carbonyl (C=O) groups excluding carboxylic acids is 1. The first-order chi connectivity index (χ1) is 7.99. The highest BCUT2D eigenvalue weighted by molar-refractivity contribution is 5.74. The van der Waals surface area contributed by atoms with Crippen molar-refractivity contribution in [1.82, 2.24) is 0 Å². The normalized spacial score (nSPS) is 12.2. The fraction of sp³-hybridized carbons (Fsp3) is 0.462. The molecule has 0 unspecified atom stereocenters. The number of nitrogen functional groups attached to an aromatic ring is 1. The quantitative estimate of drug-likeness (QED) is 0.630. The van der Waals surface area contributed by atoms with Crippen molar-refractivity contribution in [3.05, 3.63) is 24.3 Å². The molecule has 94 valence electrons. The smallest absolute Gasteiger partial charge is 0.347 e. The average Bonchev–Trinajstić information content (AvgIpc) is 2.25. The third kappa shape index (κ3) is 4.76. The maximum absolute atomic E-state index is 11.6. The number of ether oxygens (including phenoxy) is 2. The molecule has 4 nitrogen and oxygen atoms in total. The Bertz CT molecular complexity index is 377. The summed E-state index contributed by atoms with van der Waals surface area (Å²) in [5, 5.41) is 0. The Kier molecular flexibility index (Phi) is 4.82. The summed E-state index contributed by atoms with van der Waals surface area (Å²) >= 11 is 0. The molecule has 0 fully saturated rings. The standard InChI is InChI=1S/C13H19NO3/c1-9(2)8-16-13(15)10(3)17-12-6-4-5-11(14)7-12/h4-7,9-10H,8,14H2,1-3H3/t10-/m1/s1. The summed E-state index contributed by atoms with van der Waals surface area (Å²) in [6, 6.07) is 6.96. The van der Waals surface area contributed by atoms with Crippen molar-refractivity contribution in [3.8, 4) is 5.75 Å². The van der Waals surface area contributed by atoms with Crippen molar-refractivity contribution in [3.63, 3.8) is 0 Å². The first-order valence-corrected chi connectivity index (χ1v) is 5.68. The van der Waals surface area contributed by atoms with Crippen LogP contribution in [0.5, 0.6) is 5.75 Å². The minimum atomic E-state index is -0.629. The summed E-state index contributed by atoms with van der Waals surface area (Å²) in [7, 11) is 0. The van der Waals surface area contributed by atoms with Gasteiger partial charge in [-0.3, -0.25) is 0 Å². The van der Waals surface area contributed by atoms with Crippen LogP contribution < -0.4 is 10.5 Å². The van der Waals surface area contributed by atoms with E-state index in [4.69, 9.17) is 15.2 Å². The van der Waals surface area contributed by atoms with Crippen LogP contribution in [0, 0.1) is 5.92 Å². The van der Waals surface area contributed by atoms with Crippen LogP contribution in [-0.4, -0.2) is 18.7 Å². The van der Waals surface area contributed by atoms with Gasteiger partial charge in [0.05, 0.1) is 6.61 Å². The fourth-order valence-electron chi connectivity index (χ4n) is 1.21. The van der Waals surface area contributed by atoms with Crippen molar-refractivity contribution in [1.29, 1.82) is 0 Å². The third-order valence-electron chi connectivity index (χ3n) is 2.06. The largest absolute Gasteiger partial charge is 0.479 e. The highest BCUT2D eigenvalue weighted by Crippen LogP contribution is 2.16. The number of hydrogen-bond donors (Lipinski definition) is 1. The number of nitrogens with two attached hydrogens (primary N) is 1. The molecule has 0 aliphatic rings. The molecular formula is C13H19NO3. The Morgan fingerprint density at radius 1 is 1.35 bits per heavy atom. The Balaban J connectivity index is 2.48. The van der Waals surface area contributed by atoms with Crippen molar-refractivity contribution in [2.24, 2.45) is 5.92 Å². The zero-order chi connectivity index (χ0) is 12.8. The van der Waals surface area contributed by atoms with Gasteiger partial charge in [0.15, 0.2) is 6.10 Å². The van der Waals surface area contributed by atoms with Crippen LogP contribution in [0.2, 0.25) is 0 Å². The molecule has 0 bridgehead atoms. The van der Waals surface area contributed by atoms with Gasteiger partial charge in [-0.05, 0) is 25.0 Å². The van der Waals surface area contributed by atoms with Gasteiger partial charge in [0, 0.05) is 11.8 Å². The molecule has 0 aliphatic heterocycles. The summed E-state index contributed by atoms with van der Waals surface area (Å²) in [5.41, 5.74) is 6.21. The molecule has 0 aliphatic carbocycles. The Morgan fingerprint density at radius 3 is 2.65 bits per heavy atom. The Hall–Kier alpha value is -1.71. The molecule has 4 heteroatoms. The van der Waals surface area contributed by atoms with Gasteiger partial charge in [0.25, 0.3) is 0 Å². The second-order valence-electron chi connectivity index (χ2n) is 4.36. The number of carbonyl (C=O) groups is 1.